The largest absolute Gasteiger partial charge is 0.141 e. The lowest BCUT2D eigenvalue weighted by molar-refractivity contribution is 0.670. The van der Waals surface area contributed by atoms with Gasteiger partial charge >= 0.3 is 0 Å². The highest BCUT2D eigenvalue weighted by molar-refractivity contribution is 7.12. The SMILES string of the molecule is C/C=C/c1ccc(CCCCCC)s1. The second-order valence-electron chi connectivity index (χ2n) is 3.61. The zero-order valence-corrected chi connectivity index (χ0v) is 10.1. The highest BCUT2D eigenvalue weighted by atomic mass is 32.1. The monoisotopic (exact) mass is 208 g/mol. The molecular weight excluding hydrogens is 188 g/mol. The molecule has 0 spiro atoms. The molecule has 0 fully saturated rings. The Labute approximate surface area is 91.7 Å². The van der Waals surface area contributed by atoms with Crippen LogP contribution in [0.1, 0.15) is 49.3 Å². The van der Waals surface area contributed by atoms with Crippen LogP contribution in [-0.2, 0) is 6.42 Å². The van der Waals surface area contributed by atoms with Crippen molar-refractivity contribution in [2.75, 3.05) is 0 Å². The first-order valence-corrected chi connectivity index (χ1v) is 6.40. The van der Waals surface area contributed by atoms with Crippen molar-refractivity contribution in [1.29, 1.82) is 0 Å². The molecule has 0 radical (unpaired) electrons. The summed E-state index contributed by atoms with van der Waals surface area (Å²) < 4.78 is 0. The van der Waals surface area contributed by atoms with Gasteiger partial charge in [-0.1, -0.05) is 32.3 Å². The molecule has 78 valence electrons. The summed E-state index contributed by atoms with van der Waals surface area (Å²) >= 11 is 1.93. The summed E-state index contributed by atoms with van der Waals surface area (Å²) in [6.45, 7) is 4.33. The lowest BCUT2D eigenvalue weighted by Crippen LogP contribution is -1.80. The van der Waals surface area contributed by atoms with Crippen LogP contribution in [0, 0.1) is 0 Å². The van der Waals surface area contributed by atoms with Gasteiger partial charge in [-0.15, -0.1) is 11.3 Å². The van der Waals surface area contributed by atoms with Crippen LogP contribution in [0.3, 0.4) is 0 Å². The minimum atomic E-state index is 1.27. The minimum absolute atomic E-state index is 1.27. The summed E-state index contributed by atoms with van der Waals surface area (Å²) in [7, 11) is 0. The standard InChI is InChI=1S/C13H20S/c1-3-5-6-7-9-13-11-10-12(14-13)8-4-2/h4,8,10-11H,3,5-7,9H2,1-2H3/b8-4+. The maximum atomic E-state index is 2.27. The Bertz CT molecular complexity index is 271. The van der Waals surface area contributed by atoms with Gasteiger partial charge in [-0.25, -0.2) is 0 Å². The third kappa shape index (κ3) is 4.10. The van der Waals surface area contributed by atoms with E-state index in [1.807, 2.05) is 11.3 Å². The Morgan fingerprint density at radius 3 is 2.79 bits per heavy atom. The fourth-order valence-corrected chi connectivity index (χ4v) is 2.53. The van der Waals surface area contributed by atoms with Gasteiger partial charge in [-0.3, -0.25) is 0 Å². The molecule has 0 saturated heterocycles. The lowest BCUT2D eigenvalue weighted by atomic mass is 10.1. The van der Waals surface area contributed by atoms with E-state index < -0.39 is 0 Å². The molecule has 0 nitrogen and oxygen atoms in total. The number of hydrogen-bond acceptors (Lipinski definition) is 1. The van der Waals surface area contributed by atoms with Gasteiger partial charge in [0.1, 0.15) is 0 Å². The molecule has 1 aromatic heterocycles. The maximum absolute atomic E-state index is 2.27. The molecule has 0 bridgehead atoms. The normalized spacial score (nSPS) is 11.3. The molecule has 1 heterocycles. The van der Waals surface area contributed by atoms with Crippen LogP contribution in [-0.4, -0.2) is 0 Å². The summed E-state index contributed by atoms with van der Waals surface area (Å²) in [6, 6.07) is 4.49. The third-order valence-corrected chi connectivity index (χ3v) is 3.40. The zero-order valence-electron chi connectivity index (χ0n) is 9.25. The average Bonchev–Trinajstić information content (AvgIpc) is 2.61. The number of allylic oxidation sites excluding steroid dienone is 1. The summed E-state index contributed by atoms with van der Waals surface area (Å²) in [4.78, 5) is 2.92. The predicted octanol–water partition coefficient (Wildman–Crippen LogP) is 4.90. The van der Waals surface area contributed by atoms with E-state index >= 15 is 0 Å². The molecule has 1 heteroatoms. The quantitative estimate of drug-likeness (QED) is 0.583. The van der Waals surface area contributed by atoms with E-state index in [9.17, 15) is 0 Å². The first-order valence-electron chi connectivity index (χ1n) is 5.58. The summed E-state index contributed by atoms with van der Waals surface area (Å²) in [5.41, 5.74) is 0. The molecule has 0 aliphatic rings. The molecule has 1 aromatic rings. The Hall–Kier alpha value is -0.560. The van der Waals surface area contributed by atoms with Crippen LogP contribution >= 0.6 is 11.3 Å². The second kappa shape index (κ2) is 6.83. The van der Waals surface area contributed by atoms with Gasteiger partial charge in [-0.05, 0) is 38.0 Å². The summed E-state index contributed by atoms with van der Waals surface area (Å²) in [6.07, 6.45) is 11.0. The van der Waals surface area contributed by atoms with Crippen molar-refractivity contribution in [1.82, 2.24) is 0 Å². The van der Waals surface area contributed by atoms with Crippen LogP contribution in [0.4, 0.5) is 0 Å². The zero-order chi connectivity index (χ0) is 10.2. The molecule has 1 rings (SSSR count). The fourth-order valence-electron chi connectivity index (χ4n) is 1.51. The van der Waals surface area contributed by atoms with Crippen molar-refractivity contribution in [2.24, 2.45) is 0 Å². The van der Waals surface area contributed by atoms with Crippen LogP contribution in [0.2, 0.25) is 0 Å². The van der Waals surface area contributed by atoms with E-state index in [2.05, 4.69) is 38.1 Å². The molecule has 0 unspecified atom stereocenters. The third-order valence-electron chi connectivity index (χ3n) is 2.29. The first-order chi connectivity index (χ1) is 6.86. The van der Waals surface area contributed by atoms with Gasteiger partial charge in [-0.2, -0.15) is 0 Å². The summed E-state index contributed by atoms with van der Waals surface area (Å²) in [5, 5.41) is 0. The predicted molar refractivity (Wildman–Crippen MR) is 66.9 cm³/mol. The van der Waals surface area contributed by atoms with Crippen LogP contribution < -0.4 is 0 Å². The number of thiophene rings is 1. The van der Waals surface area contributed by atoms with E-state index in [0.717, 1.165) is 0 Å². The van der Waals surface area contributed by atoms with Gasteiger partial charge < -0.3 is 0 Å². The first kappa shape index (κ1) is 11.5. The van der Waals surface area contributed by atoms with Crippen molar-refractivity contribution in [2.45, 2.75) is 46.0 Å². The highest BCUT2D eigenvalue weighted by Gasteiger charge is 1.97. The summed E-state index contributed by atoms with van der Waals surface area (Å²) in [5.74, 6) is 0. The fraction of sp³-hybridized carbons (Fsp3) is 0.538. The number of rotatable bonds is 6. The molecule has 0 saturated carbocycles. The molecular formula is C13H20S. The van der Waals surface area contributed by atoms with E-state index in [1.54, 1.807) is 0 Å². The molecule has 0 N–H and O–H groups in total. The van der Waals surface area contributed by atoms with Gasteiger partial charge in [0.25, 0.3) is 0 Å². The van der Waals surface area contributed by atoms with Gasteiger partial charge in [0, 0.05) is 9.75 Å². The van der Waals surface area contributed by atoms with E-state index in [-0.39, 0.29) is 0 Å². The van der Waals surface area contributed by atoms with Crippen molar-refractivity contribution in [3.05, 3.63) is 28.0 Å². The van der Waals surface area contributed by atoms with Crippen LogP contribution in [0.15, 0.2) is 18.2 Å². The smallest absolute Gasteiger partial charge is 0.0269 e. The Morgan fingerprint density at radius 2 is 2.07 bits per heavy atom. The number of unbranched alkanes of at least 4 members (excludes halogenated alkanes) is 3. The van der Waals surface area contributed by atoms with Crippen molar-refractivity contribution in [3.8, 4) is 0 Å². The topological polar surface area (TPSA) is 0 Å². The molecule has 14 heavy (non-hydrogen) atoms. The van der Waals surface area contributed by atoms with Gasteiger partial charge in [0.15, 0.2) is 0 Å². The van der Waals surface area contributed by atoms with Crippen molar-refractivity contribution >= 4 is 17.4 Å². The number of aryl methyl sites for hydroxylation is 1. The Balaban J connectivity index is 2.29. The van der Waals surface area contributed by atoms with Crippen LogP contribution in [0.25, 0.3) is 6.08 Å². The molecule has 0 amide bonds. The van der Waals surface area contributed by atoms with Crippen molar-refractivity contribution < 1.29 is 0 Å². The Morgan fingerprint density at radius 1 is 1.21 bits per heavy atom. The Kier molecular flexibility index (Phi) is 5.62. The second-order valence-corrected chi connectivity index (χ2v) is 4.81. The minimum Gasteiger partial charge on any atom is -0.141 e. The van der Waals surface area contributed by atoms with Gasteiger partial charge in [0.05, 0.1) is 0 Å². The maximum Gasteiger partial charge on any atom is 0.0269 e. The highest BCUT2D eigenvalue weighted by Crippen LogP contribution is 2.20. The van der Waals surface area contributed by atoms with E-state index in [1.165, 1.54) is 41.9 Å². The van der Waals surface area contributed by atoms with Crippen molar-refractivity contribution in [3.63, 3.8) is 0 Å². The molecule has 0 aliphatic heterocycles. The number of hydrogen-bond donors (Lipinski definition) is 0. The molecule has 0 aliphatic carbocycles. The molecule has 0 aromatic carbocycles. The van der Waals surface area contributed by atoms with Crippen LogP contribution in [0.5, 0.6) is 0 Å². The van der Waals surface area contributed by atoms with E-state index in [0.29, 0.717) is 0 Å². The molecule has 0 atom stereocenters. The van der Waals surface area contributed by atoms with E-state index in [4.69, 9.17) is 0 Å². The average molecular weight is 208 g/mol. The lowest BCUT2D eigenvalue weighted by Gasteiger charge is -1.96. The van der Waals surface area contributed by atoms with Gasteiger partial charge in [0.2, 0.25) is 0 Å².